The molecule has 0 saturated carbocycles. The fraction of sp³-hybridized carbons (Fsp3) is 0.529. The molecule has 0 fully saturated rings. The van der Waals surface area contributed by atoms with Gasteiger partial charge in [-0.15, -0.1) is 0 Å². The first-order valence-corrected chi connectivity index (χ1v) is 10.7. The normalized spacial score (nSPS) is 20.5. The van der Waals surface area contributed by atoms with Crippen molar-refractivity contribution in [3.8, 4) is 11.5 Å². The summed E-state index contributed by atoms with van der Waals surface area (Å²) in [6.07, 6.45) is 2.31. The molecule has 1 heterocycles. The minimum atomic E-state index is -1.67. The van der Waals surface area contributed by atoms with Crippen LogP contribution in [0, 0.1) is 0 Å². The Morgan fingerprint density at radius 2 is 1.76 bits per heavy atom. The molecular formula is C17H25NO2Si. The van der Waals surface area contributed by atoms with Crippen molar-refractivity contribution in [1.29, 1.82) is 0 Å². The smallest absolute Gasteiger partial charge is 0.231 e. The monoisotopic (exact) mass is 303 g/mol. The van der Waals surface area contributed by atoms with E-state index in [1.54, 1.807) is 0 Å². The highest BCUT2D eigenvalue weighted by molar-refractivity contribution is 6.77. The van der Waals surface area contributed by atoms with Gasteiger partial charge in [0.1, 0.15) is 8.24 Å². The first kappa shape index (κ1) is 14.7. The molecule has 0 spiro atoms. The highest BCUT2D eigenvalue weighted by Crippen LogP contribution is 2.46. The van der Waals surface area contributed by atoms with Gasteiger partial charge in [0.05, 0.1) is 0 Å². The largest absolute Gasteiger partial charge is 0.454 e. The van der Waals surface area contributed by atoms with Crippen molar-refractivity contribution in [2.45, 2.75) is 51.9 Å². The molecule has 0 aromatic heterocycles. The van der Waals surface area contributed by atoms with Crippen LogP contribution in [0.5, 0.6) is 11.5 Å². The van der Waals surface area contributed by atoms with E-state index in [0.29, 0.717) is 12.3 Å². The van der Waals surface area contributed by atoms with Gasteiger partial charge in [-0.25, -0.2) is 0 Å². The molecule has 0 radical (unpaired) electrons. The van der Waals surface area contributed by atoms with Crippen molar-refractivity contribution < 1.29 is 9.47 Å². The van der Waals surface area contributed by atoms with Crippen LogP contribution in [0.1, 0.15) is 44.4 Å². The van der Waals surface area contributed by atoms with E-state index in [1.807, 2.05) is 0 Å². The standard InChI is InChI=1S/C17H25NO2Si/c1-11-7-12-8-14-15(20-10-19-14)9-13(12)16(11)21(5,6)18-17(2,3)4/h7-9,16,18H,10H2,1-6H3. The van der Waals surface area contributed by atoms with Gasteiger partial charge >= 0.3 is 0 Å². The molecule has 1 N–H and O–H groups in total. The van der Waals surface area contributed by atoms with Crippen molar-refractivity contribution in [1.82, 2.24) is 4.98 Å². The van der Waals surface area contributed by atoms with Crippen molar-refractivity contribution >= 4 is 14.3 Å². The van der Waals surface area contributed by atoms with E-state index in [2.05, 4.69) is 64.0 Å². The number of benzene rings is 1. The van der Waals surface area contributed by atoms with E-state index in [0.717, 1.165) is 11.5 Å². The zero-order chi connectivity index (χ0) is 15.4. The Kier molecular flexibility index (Phi) is 3.22. The maximum atomic E-state index is 5.57. The lowest BCUT2D eigenvalue weighted by molar-refractivity contribution is 0.174. The first-order chi connectivity index (χ1) is 9.67. The van der Waals surface area contributed by atoms with Gasteiger partial charge in [0.25, 0.3) is 0 Å². The Hall–Kier alpha value is -1.26. The summed E-state index contributed by atoms with van der Waals surface area (Å²) in [6, 6.07) is 4.32. The number of ether oxygens (including phenoxy) is 2. The summed E-state index contributed by atoms with van der Waals surface area (Å²) < 4.78 is 11.1. The van der Waals surface area contributed by atoms with E-state index < -0.39 is 8.24 Å². The molecule has 0 amide bonds. The lowest BCUT2D eigenvalue weighted by atomic mass is 10.1. The van der Waals surface area contributed by atoms with Gasteiger partial charge in [0.2, 0.25) is 6.79 Å². The zero-order valence-corrected chi connectivity index (χ0v) is 14.8. The van der Waals surface area contributed by atoms with Crippen LogP contribution in [-0.2, 0) is 0 Å². The number of nitrogens with one attached hydrogen (secondary N) is 1. The summed E-state index contributed by atoms with van der Waals surface area (Å²) in [4.78, 5) is 3.90. The van der Waals surface area contributed by atoms with E-state index in [1.165, 1.54) is 16.7 Å². The van der Waals surface area contributed by atoms with Gasteiger partial charge in [0.15, 0.2) is 11.5 Å². The molecule has 1 unspecified atom stereocenters. The molecule has 1 atom stereocenters. The quantitative estimate of drug-likeness (QED) is 0.836. The fourth-order valence-corrected chi connectivity index (χ4v) is 8.25. The molecule has 1 aromatic carbocycles. The van der Waals surface area contributed by atoms with Gasteiger partial charge in [0, 0.05) is 11.1 Å². The topological polar surface area (TPSA) is 30.5 Å². The minimum Gasteiger partial charge on any atom is -0.454 e. The lowest BCUT2D eigenvalue weighted by Crippen LogP contribution is -2.58. The highest BCUT2D eigenvalue weighted by Gasteiger charge is 2.41. The van der Waals surface area contributed by atoms with Gasteiger partial charge < -0.3 is 14.5 Å². The Labute approximate surface area is 128 Å². The summed E-state index contributed by atoms with van der Waals surface area (Å²) >= 11 is 0. The molecule has 114 valence electrons. The van der Waals surface area contributed by atoms with Crippen LogP contribution >= 0.6 is 0 Å². The molecule has 1 aromatic rings. The number of allylic oxidation sites excluding steroid dienone is 1. The third-order valence-corrected chi connectivity index (χ3v) is 7.75. The Bertz CT molecular complexity index is 614. The minimum absolute atomic E-state index is 0.134. The van der Waals surface area contributed by atoms with Gasteiger partial charge in [-0.05, 0) is 51.0 Å². The Balaban J connectivity index is 2.01. The number of hydrogen-bond donors (Lipinski definition) is 1. The number of hydrogen-bond acceptors (Lipinski definition) is 3. The predicted molar refractivity (Wildman–Crippen MR) is 89.3 cm³/mol. The molecule has 1 aliphatic carbocycles. The highest BCUT2D eigenvalue weighted by atomic mass is 28.3. The van der Waals surface area contributed by atoms with E-state index in [9.17, 15) is 0 Å². The maximum absolute atomic E-state index is 5.57. The molecule has 3 rings (SSSR count). The molecule has 3 nitrogen and oxygen atoms in total. The maximum Gasteiger partial charge on any atom is 0.231 e. The van der Waals surface area contributed by atoms with Crippen LogP contribution in [0.4, 0.5) is 0 Å². The van der Waals surface area contributed by atoms with Crippen LogP contribution in [0.2, 0.25) is 13.1 Å². The van der Waals surface area contributed by atoms with E-state index >= 15 is 0 Å². The van der Waals surface area contributed by atoms with Crippen molar-refractivity contribution in [2.24, 2.45) is 0 Å². The van der Waals surface area contributed by atoms with Gasteiger partial charge in [-0.3, -0.25) is 0 Å². The third kappa shape index (κ3) is 2.62. The fourth-order valence-electron chi connectivity index (χ4n) is 3.92. The van der Waals surface area contributed by atoms with Gasteiger partial charge in [-0.1, -0.05) is 24.7 Å². The summed E-state index contributed by atoms with van der Waals surface area (Å²) in [7, 11) is -1.67. The first-order valence-electron chi connectivity index (χ1n) is 7.58. The molecule has 0 bridgehead atoms. The summed E-state index contributed by atoms with van der Waals surface area (Å²) in [6.45, 7) is 14.2. The Morgan fingerprint density at radius 1 is 1.14 bits per heavy atom. The van der Waals surface area contributed by atoms with Crippen LogP contribution in [0.3, 0.4) is 0 Å². The second-order valence-electron chi connectivity index (χ2n) is 7.75. The van der Waals surface area contributed by atoms with Crippen LogP contribution in [0.15, 0.2) is 17.7 Å². The van der Waals surface area contributed by atoms with Crippen LogP contribution in [-0.4, -0.2) is 20.6 Å². The average Bonchev–Trinajstić information content (AvgIpc) is 2.83. The summed E-state index contributed by atoms with van der Waals surface area (Å²) in [5, 5.41) is 0. The summed E-state index contributed by atoms with van der Waals surface area (Å²) in [5.74, 6) is 1.77. The van der Waals surface area contributed by atoms with E-state index in [-0.39, 0.29) is 5.54 Å². The molecule has 4 heteroatoms. The lowest BCUT2D eigenvalue weighted by Gasteiger charge is -2.39. The van der Waals surface area contributed by atoms with Crippen LogP contribution < -0.4 is 14.5 Å². The Morgan fingerprint density at radius 3 is 2.38 bits per heavy atom. The van der Waals surface area contributed by atoms with E-state index in [4.69, 9.17) is 9.47 Å². The van der Waals surface area contributed by atoms with Crippen molar-refractivity contribution in [2.75, 3.05) is 6.79 Å². The predicted octanol–water partition coefficient (Wildman–Crippen LogP) is 4.05. The number of fused-ring (bicyclic) bond motifs is 2. The molecular weight excluding hydrogens is 278 g/mol. The zero-order valence-electron chi connectivity index (χ0n) is 13.8. The van der Waals surface area contributed by atoms with Crippen molar-refractivity contribution in [3.63, 3.8) is 0 Å². The molecule has 2 aliphatic rings. The molecule has 21 heavy (non-hydrogen) atoms. The summed E-state index contributed by atoms with van der Waals surface area (Å²) in [5.41, 5.74) is 4.75. The third-order valence-electron chi connectivity index (χ3n) is 4.15. The average molecular weight is 303 g/mol. The second-order valence-corrected chi connectivity index (χ2v) is 12.0. The van der Waals surface area contributed by atoms with Crippen LogP contribution in [0.25, 0.3) is 6.08 Å². The molecule has 0 saturated heterocycles. The van der Waals surface area contributed by atoms with Crippen molar-refractivity contribution in [3.05, 3.63) is 28.8 Å². The molecule has 1 aliphatic heterocycles. The number of rotatable bonds is 2. The van der Waals surface area contributed by atoms with Gasteiger partial charge in [-0.2, -0.15) is 0 Å². The second kappa shape index (κ2) is 4.62. The SMILES string of the molecule is CC1=Cc2cc3c(cc2C1[Si](C)(C)NC(C)(C)C)OCO3.